The summed E-state index contributed by atoms with van der Waals surface area (Å²) in [6.45, 7) is 2.30. The van der Waals surface area contributed by atoms with E-state index >= 15 is 0 Å². The van der Waals surface area contributed by atoms with Crippen molar-refractivity contribution in [2.24, 2.45) is 0 Å². The maximum atomic E-state index is 11.4. The number of aryl methyl sites for hydroxylation is 1. The van der Waals surface area contributed by atoms with E-state index in [2.05, 4.69) is 10.2 Å². The van der Waals surface area contributed by atoms with Crippen molar-refractivity contribution < 1.29 is 0 Å². The average molecular weight is 222 g/mol. The molecule has 2 aromatic heterocycles. The van der Waals surface area contributed by atoms with Crippen molar-refractivity contribution >= 4 is 17.0 Å². The molecule has 0 aromatic carbocycles. The van der Waals surface area contributed by atoms with E-state index in [4.69, 9.17) is 5.73 Å². The van der Waals surface area contributed by atoms with Crippen LogP contribution in [-0.2, 0) is 6.54 Å². The van der Waals surface area contributed by atoms with E-state index in [-0.39, 0.29) is 5.56 Å². The molecule has 2 N–H and O–H groups in total. The minimum atomic E-state index is -0.0861. The minimum Gasteiger partial charge on any atom is -0.398 e. The standard InChI is InChI=1S/C9H10N4OS/c1-6-11-12-8(15-6)5-13-4-7(10)2-3-9(13)14/h2-4H,5,10H2,1H3. The fraction of sp³-hybridized carbons (Fsp3) is 0.222. The van der Waals surface area contributed by atoms with Crippen molar-refractivity contribution in [3.05, 3.63) is 38.7 Å². The van der Waals surface area contributed by atoms with E-state index in [0.717, 1.165) is 10.0 Å². The summed E-state index contributed by atoms with van der Waals surface area (Å²) in [6, 6.07) is 3.04. The van der Waals surface area contributed by atoms with Gasteiger partial charge in [0.2, 0.25) is 0 Å². The van der Waals surface area contributed by atoms with Gasteiger partial charge in [-0.05, 0) is 13.0 Å². The molecule has 6 heteroatoms. The summed E-state index contributed by atoms with van der Waals surface area (Å²) in [4.78, 5) is 11.4. The zero-order valence-corrected chi connectivity index (χ0v) is 8.99. The van der Waals surface area contributed by atoms with E-state index in [0.29, 0.717) is 12.2 Å². The summed E-state index contributed by atoms with van der Waals surface area (Å²) >= 11 is 1.47. The largest absolute Gasteiger partial charge is 0.398 e. The molecule has 0 aliphatic heterocycles. The fourth-order valence-electron chi connectivity index (χ4n) is 1.22. The fourth-order valence-corrected chi connectivity index (χ4v) is 1.93. The van der Waals surface area contributed by atoms with Gasteiger partial charge in [0.15, 0.2) is 0 Å². The lowest BCUT2D eigenvalue weighted by Crippen LogP contribution is -2.19. The Morgan fingerprint density at radius 2 is 2.27 bits per heavy atom. The molecule has 0 spiro atoms. The van der Waals surface area contributed by atoms with E-state index in [1.807, 2.05) is 6.92 Å². The molecule has 0 atom stereocenters. The van der Waals surface area contributed by atoms with E-state index in [1.54, 1.807) is 12.3 Å². The average Bonchev–Trinajstić information content (AvgIpc) is 2.58. The Kier molecular flexibility index (Phi) is 2.51. The molecule has 0 unspecified atom stereocenters. The monoisotopic (exact) mass is 222 g/mol. The number of nitrogen functional groups attached to an aromatic ring is 1. The lowest BCUT2D eigenvalue weighted by atomic mass is 10.4. The van der Waals surface area contributed by atoms with Crippen LogP contribution >= 0.6 is 11.3 Å². The van der Waals surface area contributed by atoms with Crippen LogP contribution < -0.4 is 11.3 Å². The first-order valence-electron chi connectivity index (χ1n) is 4.40. The van der Waals surface area contributed by atoms with Crippen molar-refractivity contribution in [2.75, 3.05) is 5.73 Å². The van der Waals surface area contributed by atoms with Gasteiger partial charge in [0.05, 0.1) is 6.54 Å². The van der Waals surface area contributed by atoms with Gasteiger partial charge in [-0.25, -0.2) is 0 Å². The molecule has 15 heavy (non-hydrogen) atoms. The Labute approximate surface area is 90.2 Å². The van der Waals surface area contributed by atoms with Crippen LogP contribution in [0.25, 0.3) is 0 Å². The number of hydrogen-bond acceptors (Lipinski definition) is 5. The number of hydrogen-bond donors (Lipinski definition) is 1. The number of anilines is 1. The Balaban J connectivity index is 2.31. The SMILES string of the molecule is Cc1nnc(Cn2cc(N)ccc2=O)s1. The Morgan fingerprint density at radius 3 is 2.93 bits per heavy atom. The van der Waals surface area contributed by atoms with E-state index in [1.165, 1.54) is 22.0 Å². The molecule has 0 aliphatic rings. The third kappa shape index (κ3) is 2.21. The zero-order chi connectivity index (χ0) is 10.8. The molecule has 0 radical (unpaired) electrons. The van der Waals surface area contributed by atoms with Gasteiger partial charge in [-0.2, -0.15) is 0 Å². The van der Waals surface area contributed by atoms with Gasteiger partial charge in [-0.1, -0.05) is 11.3 Å². The predicted molar refractivity (Wildman–Crippen MR) is 58.9 cm³/mol. The van der Waals surface area contributed by atoms with Crippen molar-refractivity contribution in [1.29, 1.82) is 0 Å². The molecule has 2 aromatic rings. The molecule has 78 valence electrons. The smallest absolute Gasteiger partial charge is 0.251 e. The molecule has 0 saturated heterocycles. The normalized spacial score (nSPS) is 10.5. The first-order valence-corrected chi connectivity index (χ1v) is 5.22. The number of pyridine rings is 1. The maximum Gasteiger partial charge on any atom is 0.251 e. The molecule has 0 fully saturated rings. The van der Waals surface area contributed by atoms with Gasteiger partial charge < -0.3 is 10.3 Å². The highest BCUT2D eigenvalue weighted by atomic mass is 32.1. The number of nitrogens with zero attached hydrogens (tertiary/aromatic N) is 3. The summed E-state index contributed by atoms with van der Waals surface area (Å²) in [5.41, 5.74) is 6.07. The molecule has 2 heterocycles. The van der Waals surface area contributed by atoms with Crippen LogP contribution in [0.15, 0.2) is 23.1 Å². The van der Waals surface area contributed by atoms with Crippen molar-refractivity contribution in [3.8, 4) is 0 Å². The first kappa shape index (κ1) is 9.85. The molecule has 0 aliphatic carbocycles. The quantitative estimate of drug-likeness (QED) is 0.809. The minimum absolute atomic E-state index is 0.0861. The van der Waals surface area contributed by atoms with Crippen molar-refractivity contribution in [3.63, 3.8) is 0 Å². The lowest BCUT2D eigenvalue weighted by molar-refractivity contribution is 0.745. The van der Waals surface area contributed by atoms with Crippen LogP contribution in [0.2, 0.25) is 0 Å². The molecule has 0 bridgehead atoms. The highest BCUT2D eigenvalue weighted by Gasteiger charge is 2.03. The zero-order valence-electron chi connectivity index (χ0n) is 8.17. The molecule has 0 amide bonds. The second-order valence-corrected chi connectivity index (χ2v) is 4.41. The molecular weight excluding hydrogens is 212 g/mol. The topological polar surface area (TPSA) is 73.8 Å². The molecular formula is C9H10N4OS. The van der Waals surface area contributed by atoms with Gasteiger partial charge in [0.25, 0.3) is 5.56 Å². The lowest BCUT2D eigenvalue weighted by Gasteiger charge is -2.02. The third-order valence-corrected chi connectivity index (χ3v) is 2.70. The third-order valence-electron chi connectivity index (χ3n) is 1.88. The summed E-state index contributed by atoms with van der Waals surface area (Å²) in [5.74, 6) is 0. The predicted octanol–water partition coefficient (Wildman–Crippen LogP) is 0.639. The van der Waals surface area contributed by atoms with Gasteiger partial charge in [-0.15, -0.1) is 10.2 Å². The second-order valence-electron chi connectivity index (χ2n) is 3.14. The Hall–Kier alpha value is -1.69. The van der Waals surface area contributed by atoms with Gasteiger partial charge in [0.1, 0.15) is 10.0 Å². The van der Waals surface area contributed by atoms with Crippen molar-refractivity contribution in [2.45, 2.75) is 13.5 Å². The summed E-state index contributed by atoms with van der Waals surface area (Å²) < 4.78 is 1.52. The van der Waals surface area contributed by atoms with Gasteiger partial charge in [0, 0.05) is 18.0 Å². The Bertz CT molecular complexity index is 531. The van der Waals surface area contributed by atoms with Crippen LogP contribution in [0, 0.1) is 6.92 Å². The first-order chi connectivity index (χ1) is 7.15. The van der Waals surface area contributed by atoms with Gasteiger partial charge in [-0.3, -0.25) is 4.79 Å². The van der Waals surface area contributed by atoms with Gasteiger partial charge >= 0.3 is 0 Å². The number of aromatic nitrogens is 3. The summed E-state index contributed by atoms with van der Waals surface area (Å²) in [7, 11) is 0. The number of rotatable bonds is 2. The Morgan fingerprint density at radius 1 is 1.47 bits per heavy atom. The second kappa shape index (κ2) is 3.82. The highest BCUT2D eigenvalue weighted by Crippen LogP contribution is 2.09. The maximum absolute atomic E-state index is 11.4. The van der Waals surface area contributed by atoms with Crippen LogP contribution in [-0.4, -0.2) is 14.8 Å². The number of nitrogens with two attached hydrogens (primary N) is 1. The van der Waals surface area contributed by atoms with Crippen molar-refractivity contribution in [1.82, 2.24) is 14.8 Å². The molecule has 2 rings (SSSR count). The van der Waals surface area contributed by atoms with Crippen LogP contribution in [0.4, 0.5) is 5.69 Å². The summed E-state index contributed by atoms with van der Waals surface area (Å²) in [6.07, 6.45) is 1.61. The van der Waals surface area contributed by atoms with Crippen LogP contribution in [0.5, 0.6) is 0 Å². The van der Waals surface area contributed by atoms with Crippen LogP contribution in [0.3, 0.4) is 0 Å². The molecule has 5 nitrogen and oxygen atoms in total. The highest BCUT2D eigenvalue weighted by molar-refractivity contribution is 7.11. The van der Waals surface area contributed by atoms with E-state index < -0.39 is 0 Å². The van der Waals surface area contributed by atoms with E-state index in [9.17, 15) is 4.79 Å². The molecule has 0 saturated carbocycles. The summed E-state index contributed by atoms with van der Waals surface area (Å²) in [5, 5.41) is 9.53. The van der Waals surface area contributed by atoms with Crippen LogP contribution in [0.1, 0.15) is 10.0 Å².